The average molecular weight is 386 g/mol. The van der Waals surface area contributed by atoms with E-state index in [2.05, 4.69) is 5.32 Å². The van der Waals surface area contributed by atoms with Crippen molar-refractivity contribution >= 4 is 11.8 Å². The number of benzene rings is 1. The molecule has 2 saturated carbocycles. The number of likely N-dealkylation sites (tertiary alicyclic amines) is 1. The number of amides is 2. The fraction of sp³-hybridized carbons (Fsp3) is 0.636. The molecule has 0 aromatic heterocycles. The summed E-state index contributed by atoms with van der Waals surface area (Å²) in [7, 11) is 3.26. The first-order valence-electron chi connectivity index (χ1n) is 10.4. The number of nitrogens with one attached hydrogen (secondary N) is 1. The lowest BCUT2D eigenvalue weighted by atomic mass is 9.87. The topological polar surface area (TPSA) is 67.9 Å². The molecule has 152 valence electrons. The summed E-state index contributed by atoms with van der Waals surface area (Å²) in [5, 5.41) is 3.14. The number of carbonyl (C=O) groups excluding carboxylic acids is 2. The van der Waals surface area contributed by atoms with Crippen LogP contribution in [0.4, 0.5) is 0 Å². The van der Waals surface area contributed by atoms with Crippen molar-refractivity contribution in [1.29, 1.82) is 0 Å². The highest BCUT2D eigenvalue weighted by Gasteiger charge is 2.44. The minimum Gasteiger partial charge on any atom is -0.497 e. The maximum absolute atomic E-state index is 13.0. The van der Waals surface area contributed by atoms with Crippen LogP contribution in [0.5, 0.6) is 11.5 Å². The number of hydrogen-bond donors (Lipinski definition) is 1. The first kappa shape index (κ1) is 19.1. The molecule has 6 nitrogen and oxygen atoms in total. The van der Waals surface area contributed by atoms with Gasteiger partial charge in [-0.2, -0.15) is 0 Å². The zero-order chi connectivity index (χ0) is 19.7. The van der Waals surface area contributed by atoms with Gasteiger partial charge in [0.1, 0.15) is 11.5 Å². The highest BCUT2D eigenvalue weighted by atomic mass is 16.5. The van der Waals surface area contributed by atoms with Crippen LogP contribution in [0.3, 0.4) is 0 Å². The lowest BCUT2D eigenvalue weighted by Crippen LogP contribution is -2.37. The first-order chi connectivity index (χ1) is 13.6. The third-order valence-electron chi connectivity index (χ3n) is 6.44. The molecule has 1 aromatic rings. The third kappa shape index (κ3) is 3.82. The molecule has 0 radical (unpaired) electrons. The summed E-state index contributed by atoms with van der Waals surface area (Å²) in [6.07, 6.45) is 6.33. The number of methoxy groups -OCH3 is 2. The van der Waals surface area contributed by atoms with E-state index in [1.54, 1.807) is 14.2 Å². The summed E-state index contributed by atoms with van der Waals surface area (Å²) in [6.45, 7) is 1.06. The summed E-state index contributed by atoms with van der Waals surface area (Å²) in [6, 6.07) is 6.04. The molecule has 3 aliphatic rings. The molecule has 0 bridgehead atoms. The Kier molecular flexibility index (Phi) is 5.47. The van der Waals surface area contributed by atoms with Gasteiger partial charge in [-0.15, -0.1) is 0 Å². The standard InChI is InChI=1S/C22H30N2O4/c1-27-16-9-10-17(20(11-16)28-2)18-12-24(22(26)14-5-3-4-6-14)13-19(18)21(25)23-15-7-8-15/h9-11,14-15,18-19H,3-8,12-13H2,1-2H3,(H,23,25). The van der Waals surface area contributed by atoms with Crippen LogP contribution >= 0.6 is 0 Å². The first-order valence-corrected chi connectivity index (χ1v) is 10.4. The number of nitrogens with zero attached hydrogens (tertiary/aromatic N) is 1. The summed E-state index contributed by atoms with van der Waals surface area (Å²) < 4.78 is 10.9. The Labute approximate surface area is 166 Å². The highest BCUT2D eigenvalue weighted by molar-refractivity contribution is 5.85. The lowest BCUT2D eigenvalue weighted by Gasteiger charge is -2.21. The highest BCUT2D eigenvalue weighted by Crippen LogP contribution is 2.41. The molecule has 6 heteroatoms. The summed E-state index contributed by atoms with van der Waals surface area (Å²) >= 11 is 0. The normalized spacial score (nSPS) is 25.0. The second kappa shape index (κ2) is 8.02. The van der Waals surface area contributed by atoms with E-state index in [9.17, 15) is 9.59 Å². The predicted molar refractivity (Wildman–Crippen MR) is 105 cm³/mol. The molecule has 1 N–H and O–H groups in total. The van der Waals surface area contributed by atoms with Crippen LogP contribution in [-0.2, 0) is 9.59 Å². The quantitative estimate of drug-likeness (QED) is 0.816. The molecule has 2 amide bonds. The van der Waals surface area contributed by atoms with Crippen LogP contribution in [0, 0.1) is 11.8 Å². The van der Waals surface area contributed by atoms with E-state index < -0.39 is 0 Å². The SMILES string of the molecule is COc1ccc(C2CN(C(=O)C3CCCC3)CC2C(=O)NC2CC2)c(OC)c1. The molecule has 2 atom stereocenters. The van der Waals surface area contributed by atoms with Crippen molar-refractivity contribution < 1.29 is 19.1 Å². The van der Waals surface area contributed by atoms with Crippen molar-refractivity contribution in [3.05, 3.63) is 23.8 Å². The average Bonchev–Trinajstić information content (AvgIpc) is 3.21. The zero-order valence-corrected chi connectivity index (χ0v) is 16.8. The fourth-order valence-electron chi connectivity index (χ4n) is 4.66. The van der Waals surface area contributed by atoms with Crippen LogP contribution in [0.1, 0.15) is 50.0 Å². The molecular weight excluding hydrogens is 356 g/mol. The smallest absolute Gasteiger partial charge is 0.225 e. The summed E-state index contributed by atoms with van der Waals surface area (Å²) in [5.41, 5.74) is 0.973. The second-order valence-electron chi connectivity index (χ2n) is 8.33. The van der Waals surface area contributed by atoms with Gasteiger partial charge in [-0.3, -0.25) is 9.59 Å². The van der Waals surface area contributed by atoms with Crippen LogP contribution in [0.15, 0.2) is 18.2 Å². The van der Waals surface area contributed by atoms with Crippen LogP contribution in [0.25, 0.3) is 0 Å². The van der Waals surface area contributed by atoms with Crippen LogP contribution in [0.2, 0.25) is 0 Å². The van der Waals surface area contributed by atoms with Gasteiger partial charge in [0.15, 0.2) is 0 Å². The molecule has 1 aliphatic heterocycles. The predicted octanol–water partition coefficient (Wildman–Crippen LogP) is 2.71. The van der Waals surface area contributed by atoms with Crippen molar-refractivity contribution in [2.75, 3.05) is 27.3 Å². The van der Waals surface area contributed by atoms with Crippen molar-refractivity contribution in [3.63, 3.8) is 0 Å². The van der Waals surface area contributed by atoms with Gasteiger partial charge < -0.3 is 19.7 Å². The van der Waals surface area contributed by atoms with E-state index in [0.29, 0.717) is 24.9 Å². The Morgan fingerprint density at radius 3 is 2.43 bits per heavy atom. The van der Waals surface area contributed by atoms with Crippen LogP contribution < -0.4 is 14.8 Å². The number of carbonyl (C=O) groups is 2. The minimum absolute atomic E-state index is 0.0621. The third-order valence-corrected chi connectivity index (χ3v) is 6.44. The monoisotopic (exact) mass is 386 g/mol. The lowest BCUT2D eigenvalue weighted by molar-refractivity contribution is -0.134. The van der Waals surface area contributed by atoms with Gasteiger partial charge in [0.25, 0.3) is 0 Å². The maximum Gasteiger partial charge on any atom is 0.225 e. The van der Waals surface area contributed by atoms with E-state index >= 15 is 0 Å². The van der Waals surface area contributed by atoms with E-state index in [-0.39, 0.29) is 29.6 Å². The van der Waals surface area contributed by atoms with Crippen LogP contribution in [-0.4, -0.2) is 50.1 Å². The number of hydrogen-bond acceptors (Lipinski definition) is 4. The Balaban J connectivity index is 1.59. The van der Waals surface area contributed by atoms with Crippen molar-refractivity contribution in [2.45, 2.75) is 50.5 Å². The van der Waals surface area contributed by atoms with Gasteiger partial charge in [0.05, 0.1) is 20.1 Å². The fourth-order valence-corrected chi connectivity index (χ4v) is 4.66. The summed E-state index contributed by atoms with van der Waals surface area (Å²) in [4.78, 5) is 27.9. The molecule has 0 spiro atoms. The van der Waals surface area contributed by atoms with Crippen molar-refractivity contribution in [3.8, 4) is 11.5 Å². The van der Waals surface area contributed by atoms with Gasteiger partial charge in [0, 0.05) is 42.6 Å². The Bertz CT molecular complexity index is 740. The number of ether oxygens (including phenoxy) is 2. The molecule has 2 unspecified atom stereocenters. The largest absolute Gasteiger partial charge is 0.497 e. The Morgan fingerprint density at radius 2 is 1.79 bits per heavy atom. The van der Waals surface area contributed by atoms with Gasteiger partial charge in [-0.05, 0) is 31.7 Å². The van der Waals surface area contributed by atoms with Gasteiger partial charge in [0.2, 0.25) is 11.8 Å². The van der Waals surface area contributed by atoms with Gasteiger partial charge in [-0.25, -0.2) is 0 Å². The molecule has 1 saturated heterocycles. The molecular formula is C22H30N2O4. The summed E-state index contributed by atoms with van der Waals surface area (Å²) in [5.74, 6) is 1.53. The maximum atomic E-state index is 13.0. The molecule has 28 heavy (non-hydrogen) atoms. The zero-order valence-electron chi connectivity index (χ0n) is 16.8. The number of rotatable bonds is 6. The second-order valence-corrected chi connectivity index (χ2v) is 8.33. The Hall–Kier alpha value is -2.24. The van der Waals surface area contributed by atoms with Gasteiger partial charge >= 0.3 is 0 Å². The Morgan fingerprint density at radius 1 is 1.04 bits per heavy atom. The van der Waals surface area contributed by atoms with Crippen molar-refractivity contribution in [1.82, 2.24) is 10.2 Å². The molecule has 1 heterocycles. The van der Waals surface area contributed by atoms with E-state index in [1.807, 2.05) is 23.1 Å². The molecule has 3 fully saturated rings. The molecule has 4 rings (SSSR count). The van der Waals surface area contributed by atoms with Crippen molar-refractivity contribution in [2.24, 2.45) is 11.8 Å². The van der Waals surface area contributed by atoms with E-state index in [1.165, 1.54) is 0 Å². The minimum atomic E-state index is -0.242. The van der Waals surface area contributed by atoms with E-state index in [4.69, 9.17) is 9.47 Å². The molecule has 1 aromatic carbocycles. The van der Waals surface area contributed by atoms with E-state index in [0.717, 1.165) is 49.8 Å². The molecule has 2 aliphatic carbocycles. The van der Waals surface area contributed by atoms with Gasteiger partial charge in [-0.1, -0.05) is 18.9 Å².